The first-order valence-electron chi connectivity index (χ1n) is 9.91. The Balaban J connectivity index is 1.27. The van der Waals surface area contributed by atoms with Gasteiger partial charge in [0.05, 0.1) is 24.6 Å². The predicted octanol–water partition coefficient (Wildman–Crippen LogP) is 2.38. The second kappa shape index (κ2) is 7.41. The van der Waals surface area contributed by atoms with E-state index < -0.39 is 0 Å². The standard InChI is InChI=1S/C21H24N6O/c1-15(18-5-4-16-3-2-7-22-20(16)24-18)26-8-10-27(11-9-26)21-23-13-17-14-28-12-6-19(17)25-21/h2-5,7,13,15H,6,8-12,14H2,1H3. The molecule has 144 valence electrons. The highest BCUT2D eigenvalue weighted by Gasteiger charge is 2.25. The van der Waals surface area contributed by atoms with E-state index in [1.807, 2.05) is 18.3 Å². The molecule has 3 aromatic rings. The number of hydrogen-bond donors (Lipinski definition) is 0. The molecule has 1 unspecified atom stereocenters. The van der Waals surface area contributed by atoms with Gasteiger partial charge in [0.1, 0.15) is 0 Å². The molecule has 1 atom stereocenters. The van der Waals surface area contributed by atoms with Crippen molar-refractivity contribution in [2.45, 2.75) is 26.0 Å². The van der Waals surface area contributed by atoms with Crippen molar-refractivity contribution in [3.63, 3.8) is 0 Å². The minimum Gasteiger partial charge on any atom is -0.376 e. The van der Waals surface area contributed by atoms with E-state index in [0.717, 1.165) is 73.1 Å². The van der Waals surface area contributed by atoms with Gasteiger partial charge in [-0.15, -0.1) is 0 Å². The van der Waals surface area contributed by atoms with Crippen LogP contribution in [0.1, 0.15) is 29.9 Å². The Morgan fingerprint density at radius 2 is 1.93 bits per heavy atom. The third-order valence-electron chi connectivity index (χ3n) is 5.74. The van der Waals surface area contributed by atoms with E-state index in [1.165, 1.54) is 0 Å². The molecule has 2 aliphatic heterocycles. The Hall–Kier alpha value is -2.64. The monoisotopic (exact) mass is 376 g/mol. The maximum atomic E-state index is 5.48. The van der Waals surface area contributed by atoms with Gasteiger partial charge in [-0.2, -0.15) is 0 Å². The van der Waals surface area contributed by atoms with Gasteiger partial charge in [0.15, 0.2) is 5.65 Å². The number of rotatable bonds is 3. The number of hydrogen-bond acceptors (Lipinski definition) is 7. The molecular weight excluding hydrogens is 352 g/mol. The van der Waals surface area contributed by atoms with Gasteiger partial charge in [0, 0.05) is 62.0 Å². The van der Waals surface area contributed by atoms with E-state index >= 15 is 0 Å². The Bertz CT molecular complexity index is 986. The highest BCUT2D eigenvalue weighted by molar-refractivity contribution is 5.74. The lowest BCUT2D eigenvalue weighted by Crippen LogP contribution is -2.48. The fraction of sp³-hybridized carbons (Fsp3) is 0.429. The summed E-state index contributed by atoms with van der Waals surface area (Å²) in [4.78, 5) is 23.3. The molecule has 1 fully saturated rings. The summed E-state index contributed by atoms with van der Waals surface area (Å²) in [6, 6.07) is 8.49. The summed E-state index contributed by atoms with van der Waals surface area (Å²) >= 11 is 0. The summed E-state index contributed by atoms with van der Waals surface area (Å²) in [6.45, 7) is 7.38. The number of anilines is 1. The topological polar surface area (TPSA) is 67.3 Å². The molecule has 0 aliphatic carbocycles. The normalized spacial score (nSPS) is 18.8. The van der Waals surface area contributed by atoms with Gasteiger partial charge >= 0.3 is 0 Å². The highest BCUT2D eigenvalue weighted by Crippen LogP contribution is 2.24. The SMILES string of the molecule is CC(c1ccc2cccnc2n1)N1CCN(c2ncc3c(n2)CCOC3)CC1. The Kier molecular flexibility index (Phi) is 4.62. The average molecular weight is 376 g/mol. The van der Waals surface area contributed by atoms with Crippen LogP contribution in [0.3, 0.4) is 0 Å². The van der Waals surface area contributed by atoms with Gasteiger partial charge in [-0.3, -0.25) is 4.90 Å². The lowest BCUT2D eigenvalue weighted by molar-refractivity contribution is 0.109. The first-order valence-corrected chi connectivity index (χ1v) is 9.91. The molecule has 7 nitrogen and oxygen atoms in total. The van der Waals surface area contributed by atoms with Gasteiger partial charge in [0.25, 0.3) is 0 Å². The van der Waals surface area contributed by atoms with E-state index in [0.29, 0.717) is 6.61 Å². The van der Waals surface area contributed by atoms with Crippen LogP contribution < -0.4 is 4.90 Å². The molecule has 5 rings (SSSR count). The van der Waals surface area contributed by atoms with Crippen molar-refractivity contribution in [3.05, 3.63) is 53.6 Å². The van der Waals surface area contributed by atoms with E-state index in [1.54, 1.807) is 6.20 Å². The summed E-state index contributed by atoms with van der Waals surface area (Å²) in [7, 11) is 0. The fourth-order valence-corrected chi connectivity index (χ4v) is 3.97. The van der Waals surface area contributed by atoms with E-state index in [-0.39, 0.29) is 6.04 Å². The van der Waals surface area contributed by atoms with Crippen molar-refractivity contribution < 1.29 is 4.74 Å². The number of nitrogens with zero attached hydrogens (tertiary/aromatic N) is 6. The number of pyridine rings is 2. The zero-order valence-electron chi connectivity index (χ0n) is 16.1. The van der Waals surface area contributed by atoms with Gasteiger partial charge in [-0.1, -0.05) is 0 Å². The van der Waals surface area contributed by atoms with Crippen LogP contribution in [-0.2, 0) is 17.8 Å². The van der Waals surface area contributed by atoms with Crippen LogP contribution in [0, 0.1) is 0 Å². The molecule has 0 aromatic carbocycles. The molecule has 0 N–H and O–H groups in total. The number of ether oxygens (including phenoxy) is 1. The Morgan fingerprint density at radius 3 is 2.82 bits per heavy atom. The largest absolute Gasteiger partial charge is 0.376 e. The van der Waals surface area contributed by atoms with Gasteiger partial charge in [-0.25, -0.2) is 19.9 Å². The van der Waals surface area contributed by atoms with E-state index in [9.17, 15) is 0 Å². The molecule has 0 saturated carbocycles. The van der Waals surface area contributed by atoms with Crippen LogP contribution in [0.15, 0.2) is 36.7 Å². The summed E-state index contributed by atoms with van der Waals surface area (Å²) in [5.41, 5.74) is 4.15. The van der Waals surface area contributed by atoms with Crippen molar-refractivity contribution in [2.24, 2.45) is 0 Å². The van der Waals surface area contributed by atoms with Crippen LogP contribution in [0.4, 0.5) is 5.95 Å². The molecule has 2 aliphatic rings. The highest BCUT2D eigenvalue weighted by atomic mass is 16.5. The third-order valence-corrected chi connectivity index (χ3v) is 5.74. The minimum atomic E-state index is 0.259. The van der Waals surface area contributed by atoms with Crippen molar-refractivity contribution in [1.29, 1.82) is 0 Å². The summed E-state index contributed by atoms with van der Waals surface area (Å²) < 4.78 is 5.48. The molecule has 0 spiro atoms. The zero-order valence-corrected chi connectivity index (χ0v) is 16.1. The van der Waals surface area contributed by atoms with Crippen molar-refractivity contribution in [3.8, 4) is 0 Å². The summed E-state index contributed by atoms with van der Waals surface area (Å²) in [6.07, 6.45) is 4.61. The molecule has 3 aromatic heterocycles. The van der Waals surface area contributed by atoms with Crippen molar-refractivity contribution >= 4 is 17.0 Å². The summed E-state index contributed by atoms with van der Waals surface area (Å²) in [5, 5.41) is 1.08. The smallest absolute Gasteiger partial charge is 0.225 e. The van der Waals surface area contributed by atoms with Gasteiger partial charge < -0.3 is 9.64 Å². The molecule has 5 heterocycles. The quantitative estimate of drug-likeness (QED) is 0.695. The zero-order chi connectivity index (χ0) is 18.9. The second-order valence-corrected chi connectivity index (χ2v) is 7.43. The molecule has 1 saturated heterocycles. The Morgan fingerprint density at radius 1 is 1.04 bits per heavy atom. The molecule has 7 heteroatoms. The average Bonchev–Trinajstić information content (AvgIpc) is 2.78. The van der Waals surface area contributed by atoms with E-state index in [4.69, 9.17) is 14.7 Å². The first-order chi connectivity index (χ1) is 13.8. The predicted molar refractivity (Wildman–Crippen MR) is 107 cm³/mol. The number of aromatic nitrogens is 4. The Labute approximate surface area is 164 Å². The van der Waals surface area contributed by atoms with Crippen LogP contribution in [0.5, 0.6) is 0 Å². The van der Waals surface area contributed by atoms with Crippen LogP contribution in [-0.4, -0.2) is 57.6 Å². The van der Waals surface area contributed by atoms with Crippen LogP contribution in [0.2, 0.25) is 0 Å². The maximum Gasteiger partial charge on any atom is 0.225 e. The second-order valence-electron chi connectivity index (χ2n) is 7.43. The number of piperazine rings is 1. The lowest BCUT2D eigenvalue weighted by atomic mass is 10.1. The van der Waals surface area contributed by atoms with Gasteiger partial charge in [0.2, 0.25) is 5.95 Å². The molecular formula is C21H24N6O. The lowest BCUT2D eigenvalue weighted by Gasteiger charge is -2.38. The van der Waals surface area contributed by atoms with Gasteiger partial charge in [-0.05, 0) is 31.2 Å². The first kappa shape index (κ1) is 17.5. The summed E-state index contributed by atoms with van der Waals surface area (Å²) in [5.74, 6) is 0.848. The fourth-order valence-electron chi connectivity index (χ4n) is 3.97. The minimum absolute atomic E-state index is 0.259. The third kappa shape index (κ3) is 3.31. The van der Waals surface area contributed by atoms with Crippen LogP contribution >= 0.6 is 0 Å². The van der Waals surface area contributed by atoms with Crippen molar-refractivity contribution in [2.75, 3.05) is 37.7 Å². The molecule has 0 bridgehead atoms. The van der Waals surface area contributed by atoms with Crippen LogP contribution in [0.25, 0.3) is 11.0 Å². The molecule has 28 heavy (non-hydrogen) atoms. The maximum absolute atomic E-state index is 5.48. The van der Waals surface area contributed by atoms with Crippen molar-refractivity contribution in [1.82, 2.24) is 24.8 Å². The molecule has 0 amide bonds. The number of fused-ring (bicyclic) bond motifs is 2. The molecule has 0 radical (unpaired) electrons. The van der Waals surface area contributed by atoms with E-state index in [2.05, 4.69) is 38.8 Å².